The van der Waals surface area contributed by atoms with Crippen LogP contribution in [0.1, 0.15) is 34.8 Å². The lowest BCUT2D eigenvalue weighted by Crippen LogP contribution is -2.40. The van der Waals surface area contributed by atoms with Crippen LogP contribution in [0.15, 0.2) is 54.6 Å². The average Bonchev–Trinajstić information content (AvgIpc) is 2.60. The molecule has 0 spiro atoms. The van der Waals surface area contributed by atoms with E-state index in [9.17, 15) is 9.59 Å². The van der Waals surface area contributed by atoms with Gasteiger partial charge in [0.25, 0.3) is 0 Å². The van der Waals surface area contributed by atoms with Crippen LogP contribution in [0.4, 0.5) is 0 Å². The Kier molecular flexibility index (Phi) is 6.90. The van der Waals surface area contributed by atoms with Gasteiger partial charge in [0.15, 0.2) is 5.78 Å². The normalized spacial score (nSPS) is 13.1. The van der Waals surface area contributed by atoms with Crippen molar-refractivity contribution >= 4 is 11.8 Å². The van der Waals surface area contributed by atoms with Gasteiger partial charge in [-0.3, -0.25) is 9.59 Å². The highest BCUT2D eigenvalue weighted by Gasteiger charge is 2.32. The van der Waals surface area contributed by atoms with Gasteiger partial charge in [0.2, 0.25) is 0 Å². The molecule has 4 heteroatoms. The molecule has 0 radical (unpaired) electrons. The molecule has 0 saturated heterocycles. The molecular weight excluding hydrogens is 314 g/mol. The highest BCUT2D eigenvalue weighted by Crippen LogP contribution is 2.15. The second-order valence-electron chi connectivity index (χ2n) is 6.32. The Hall–Kier alpha value is -2.46. The Balaban J connectivity index is 1.91. The molecule has 0 aliphatic carbocycles. The monoisotopic (exact) mass is 339 g/mol. The minimum absolute atomic E-state index is 0.276. The number of esters is 1. The lowest BCUT2D eigenvalue weighted by molar-refractivity contribution is -0.147. The summed E-state index contributed by atoms with van der Waals surface area (Å²) in [5.74, 6) is -1.81. The Morgan fingerprint density at radius 2 is 1.68 bits per heavy atom. The number of Topliss-reactive ketones (excluding diaryl/α,β-unsaturated/α-hetero) is 1. The first-order valence-corrected chi connectivity index (χ1v) is 8.56. The van der Waals surface area contributed by atoms with E-state index in [1.807, 2.05) is 49.4 Å². The number of benzene rings is 2. The topological polar surface area (TPSA) is 69.4 Å². The van der Waals surface area contributed by atoms with Crippen molar-refractivity contribution in [3.8, 4) is 0 Å². The van der Waals surface area contributed by atoms with Crippen molar-refractivity contribution in [3.05, 3.63) is 71.3 Å². The molecule has 0 bridgehead atoms. The zero-order chi connectivity index (χ0) is 18.2. The summed E-state index contributed by atoms with van der Waals surface area (Å²) in [4.78, 5) is 25.0. The molecule has 0 amide bonds. The van der Waals surface area contributed by atoms with Crippen LogP contribution in [0.2, 0.25) is 0 Å². The van der Waals surface area contributed by atoms with Crippen molar-refractivity contribution in [2.75, 3.05) is 6.61 Å². The predicted octanol–water partition coefficient (Wildman–Crippen LogP) is 3.32. The van der Waals surface area contributed by atoms with Crippen molar-refractivity contribution in [2.45, 2.75) is 32.7 Å². The van der Waals surface area contributed by atoms with Crippen molar-refractivity contribution in [1.29, 1.82) is 0 Å². The van der Waals surface area contributed by atoms with Gasteiger partial charge in [-0.2, -0.15) is 0 Å². The van der Waals surface area contributed by atoms with Gasteiger partial charge in [-0.15, -0.1) is 0 Å². The summed E-state index contributed by atoms with van der Waals surface area (Å²) in [5.41, 5.74) is 8.61. The van der Waals surface area contributed by atoms with Crippen molar-refractivity contribution in [1.82, 2.24) is 0 Å². The van der Waals surface area contributed by atoms with Gasteiger partial charge in [-0.1, -0.05) is 60.2 Å². The molecule has 0 heterocycles. The Morgan fingerprint density at radius 1 is 1.04 bits per heavy atom. The van der Waals surface area contributed by atoms with E-state index in [-0.39, 0.29) is 12.4 Å². The largest absolute Gasteiger partial charge is 0.465 e. The number of hydrogen-bond donors (Lipinski definition) is 1. The molecule has 2 atom stereocenters. The smallest absolute Gasteiger partial charge is 0.318 e. The van der Waals surface area contributed by atoms with Gasteiger partial charge in [-0.05, 0) is 32.3 Å². The molecule has 2 N–H and O–H groups in total. The summed E-state index contributed by atoms with van der Waals surface area (Å²) in [6.07, 6.45) is 1.53. The highest BCUT2D eigenvalue weighted by molar-refractivity contribution is 6.09. The van der Waals surface area contributed by atoms with Crippen LogP contribution in [0, 0.1) is 12.8 Å². The van der Waals surface area contributed by atoms with Gasteiger partial charge in [0.1, 0.15) is 5.92 Å². The molecule has 2 aromatic carbocycles. The van der Waals surface area contributed by atoms with E-state index in [0.29, 0.717) is 12.0 Å². The van der Waals surface area contributed by atoms with E-state index in [2.05, 4.69) is 0 Å². The Bertz CT molecular complexity index is 693. The van der Waals surface area contributed by atoms with Crippen LogP contribution >= 0.6 is 0 Å². The number of nitrogens with two attached hydrogens (primary N) is 1. The number of ketones is 1. The molecule has 4 nitrogen and oxygen atoms in total. The molecule has 0 aliphatic rings. The number of carbonyl (C=O) groups is 2. The maximum atomic E-state index is 12.6. The van der Waals surface area contributed by atoms with E-state index >= 15 is 0 Å². The molecule has 2 rings (SSSR count). The maximum Gasteiger partial charge on any atom is 0.318 e. The quantitative estimate of drug-likeness (QED) is 0.347. The van der Waals surface area contributed by atoms with Gasteiger partial charge in [0.05, 0.1) is 6.61 Å². The number of carbonyl (C=O) groups excluding carboxylic acids is 2. The SMILES string of the molecule is Cc1ccc(C(=O)C(C(=O)OCCCc2ccccc2)C(C)N)cc1. The van der Waals surface area contributed by atoms with Crippen LogP contribution in [0.25, 0.3) is 0 Å². The average molecular weight is 339 g/mol. The summed E-state index contributed by atoms with van der Waals surface area (Å²) in [6, 6.07) is 16.5. The van der Waals surface area contributed by atoms with Gasteiger partial charge >= 0.3 is 5.97 Å². The van der Waals surface area contributed by atoms with E-state index in [4.69, 9.17) is 10.5 Å². The fourth-order valence-corrected chi connectivity index (χ4v) is 2.64. The highest BCUT2D eigenvalue weighted by atomic mass is 16.5. The third kappa shape index (κ3) is 5.54. The van der Waals surface area contributed by atoms with Crippen molar-refractivity contribution < 1.29 is 14.3 Å². The molecule has 2 unspecified atom stereocenters. The molecule has 2 aromatic rings. The van der Waals surface area contributed by atoms with Crippen LogP contribution in [0.5, 0.6) is 0 Å². The zero-order valence-electron chi connectivity index (χ0n) is 14.8. The molecule has 0 saturated carbocycles. The predicted molar refractivity (Wildman–Crippen MR) is 98.4 cm³/mol. The molecular formula is C21H25NO3. The fraction of sp³-hybridized carbons (Fsp3) is 0.333. The second kappa shape index (κ2) is 9.14. The summed E-state index contributed by atoms with van der Waals surface area (Å²) in [7, 11) is 0. The molecule has 0 fully saturated rings. The minimum atomic E-state index is -0.973. The van der Waals surface area contributed by atoms with Crippen molar-refractivity contribution in [3.63, 3.8) is 0 Å². The van der Waals surface area contributed by atoms with Crippen molar-refractivity contribution in [2.24, 2.45) is 11.7 Å². The zero-order valence-corrected chi connectivity index (χ0v) is 14.8. The number of rotatable bonds is 8. The standard InChI is InChI=1S/C21H25NO3/c1-15-10-12-18(13-11-15)20(23)19(16(2)22)21(24)25-14-6-9-17-7-4-3-5-8-17/h3-5,7-8,10-13,16,19H,6,9,14,22H2,1-2H3. The van der Waals surface area contributed by atoms with E-state index < -0.39 is 17.9 Å². The van der Waals surface area contributed by atoms with Gasteiger partial charge in [-0.25, -0.2) is 0 Å². The summed E-state index contributed by atoms with van der Waals surface area (Å²) >= 11 is 0. The first-order chi connectivity index (χ1) is 12.0. The summed E-state index contributed by atoms with van der Waals surface area (Å²) in [5, 5.41) is 0. The maximum absolute atomic E-state index is 12.6. The first kappa shape index (κ1) is 18.9. The first-order valence-electron chi connectivity index (χ1n) is 8.56. The van der Waals surface area contributed by atoms with Crippen LogP contribution in [-0.4, -0.2) is 24.4 Å². The van der Waals surface area contributed by atoms with Gasteiger partial charge < -0.3 is 10.5 Å². The molecule has 0 aliphatic heterocycles. The fourth-order valence-electron chi connectivity index (χ4n) is 2.64. The van der Waals surface area contributed by atoms with Crippen LogP contribution in [-0.2, 0) is 16.0 Å². The van der Waals surface area contributed by atoms with Gasteiger partial charge in [0, 0.05) is 11.6 Å². The number of hydrogen-bond acceptors (Lipinski definition) is 4. The molecule has 132 valence electrons. The Morgan fingerprint density at radius 3 is 2.28 bits per heavy atom. The van der Waals surface area contributed by atoms with Crippen LogP contribution < -0.4 is 5.73 Å². The third-order valence-electron chi connectivity index (χ3n) is 4.10. The third-order valence-corrected chi connectivity index (χ3v) is 4.10. The Labute approximate surface area is 149 Å². The second-order valence-corrected chi connectivity index (χ2v) is 6.32. The molecule has 0 aromatic heterocycles. The van der Waals surface area contributed by atoms with Crippen LogP contribution in [0.3, 0.4) is 0 Å². The summed E-state index contributed by atoms with van der Waals surface area (Å²) in [6.45, 7) is 3.87. The summed E-state index contributed by atoms with van der Waals surface area (Å²) < 4.78 is 5.31. The lowest BCUT2D eigenvalue weighted by Gasteiger charge is -2.18. The van der Waals surface area contributed by atoms with E-state index in [1.54, 1.807) is 19.1 Å². The minimum Gasteiger partial charge on any atom is -0.465 e. The molecule has 25 heavy (non-hydrogen) atoms. The number of ether oxygens (including phenoxy) is 1. The lowest BCUT2D eigenvalue weighted by atomic mass is 9.92. The van der Waals surface area contributed by atoms with E-state index in [0.717, 1.165) is 12.0 Å². The number of aryl methyl sites for hydroxylation is 2. The van der Waals surface area contributed by atoms with E-state index in [1.165, 1.54) is 5.56 Å².